The Morgan fingerprint density at radius 1 is 0.323 bits per heavy atom. The van der Waals surface area contributed by atoms with Gasteiger partial charge in [-0.25, -0.2) is 0 Å². The third kappa shape index (κ3) is 51.9. The highest BCUT2D eigenvalue weighted by atomic mass is 16.6. The van der Waals surface area contributed by atoms with Gasteiger partial charge in [0.1, 0.15) is 13.2 Å². The van der Waals surface area contributed by atoms with Crippen molar-refractivity contribution in [3.63, 3.8) is 0 Å². The molecule has 0 aromatic heterocycles. The first-order valence-corrected chi connectivity index (χ1v) is 27.8. The Morgan fingerprint density at radius 2 is 0.600 bits per heavy atom. The second-order valence-electron chi connectivity index (χ2n) is 18.5. The first-order chi connectivity index (χ1) is 32.0. The lowest BCUT2D eigenvalue weighted by Crippen LogP contribution is -2.30. The molecule has 0 amide bonds. The van der Waals surface area contributed by atoms with Crippen LogP contribution in [0.5, 0.6) is 0 Å². The maximum Gasteiger partial charge on any atom is 0.306 e. The summed E-state index contributed by atoms with van der Waals surface area (Å²) in [5.41, 5.74) is 0. The van der Waals surface area contributed by atoms with Gasteiger partial charge in [-0.15, -0.1) is 0 Å². The summed E-state index contributed by atoms with van der Waals surface area (Å²) in [6.45, 7) is 6.50. The van der Waals surface area contributed by atoms with Gasteiger partial charge in [0, 0.05) is 19.3 Å². The number of esters is 3. The zero-order valence-corrected chi connectivity index (χ0v) is 43.0. The normalized spacial score (nSPS) is 12.5. The van der Waals surface area contributed by atoms with Crippen molar-refractivity contribution in [2.75, 3.05) is 13.2 Å². The van der Waals surface area contributed by atoms with Crippen LogP contribution in [0.15, 0.2) is 60.8 Å². The fourth-order valence-electron chi connectivity index (χ4n) is 7.80. The van der Waals surface area contributed by atoms with E-state index in [2.05, 4.69) is 81.5 Å². The molecule has 0 spiro atoms. The van der Waals surface area contributed by atoms with Gasteiger partial charge in [0.15, 0.2) is 6.10 Å². The molecule has 0 aliphatic heterocycles. The smallest absolute Gasteiger partial charge is 0.306 e. The fraction of sp³-hybridized carbons (Fsp3) is 0.780. The Bertz CT molecular complexity index is 1180. The summed E-state index contributed by atoms with van der Waals surface area (Å²) in [6.07, 6.45) is 66.4. The standard InChI is InChI=1S/C59H104O6/c1-4-7-10-13-16-19-22-25-27-28-29-30-32-34-37-40-43-46-49-52-58(61)64-55-56(54-63-57(60)51-48-45-42-39-36-33-24-21-18-15-12-9-6-3)65-59(62)53-50-47-44-41-38-35-31-26-23-20-17-14-11-8-5-2/h8,11,17,20-21,24,26,28-29,31,56H,4-7,9-10,12-16,18-19,22-23,25,27,30,32-55H2,1-3H3/b11-8-,20-17-,24-21-,29-28-,31-26-/t56-/m1/s1. The van der Waals surface area contributed by atoms with Crippen LogP contribution in [-0.4, -0.2) is 37.2 Å². The van der Waals surface area contributed by atoms with Gasteiger partial charge in [-0.05, 0) is 103 Å². The first-order valence-electron chi connectivity index (χ1n) is 27.8. The van der Waals surface area contributed by atoms with Crippen molar-refractivity contribution in [2.45, 2.75) is 284 Å². The molecule has 376 valence electrons. The van der Waals surface area contributed by atoms with E-state index in [9.17, 15) is 14.4 Å². The maximum absolute atomic E-state index is 12.8. The maximum atomic E-state index is 12.8. The van der Waals surface area contributed by atoms with Gasteiger partial charge in [-0.1, -0.05) is 216 Å². The van der Waals surface area contributed by atoms with E-state index in [1.807, 2.05) is 0 Å². The Morgan fingerprint density at radius 3 is 0.969 bits per heavy atom. The van der Waals surface area contributed by atoms with E-state index in [1.165, 1.54) is 135 Å². The van der Waals surface area contributed by atoms with Crippen molar-refractivity contribution in [3.05, 3.63) is 60.8 Å². The lowest BCUT2D eigenvalue weighted by molar-refractivity contribution is -0.167. The Hall–Kier alpha value is -2.89. The summed E-state index contributed by atoms with van der Waals surface area (Å²) in [5, 5.41) is 0. The van der Waals surface area contributed by atoms with Crippen molar-refractivity contribution in [1.29, 1.82) is 0 Å². The molecule has 0 rings (SSSR count). The van der Waals surface area contributed by atoms with Gasteiger partial charge in [-0.3, -0.25) is 14.4 Å². The molecule has 6 nitrogen and oxygen atoms in total. The molecular formula is C59H104O6. The van der Waals surface area contributed by atoms with Crippen LogP contribution in [0.25, 0.3) is 0 Å². The van der Waals surface area contributed by atoms with Crippen LogP contribution in [0.2, 0.25) is 0 Å². The number of ether oxygens (including phenoxy) is 3. The van der Waals surface area contributed by atoms with Gasteiger partial charge in [0.05, 0.1) is 0 Å². The van der Waals surface area contributed by atoms with E-state index >= 15 is 0 Å². The minimum Gasteiger partial charge on any atom is -0.462 e. The molecule has 0 aromatic carbocycles. The SMILES string of the molecule is CC/C=C\C/C=C\C/C=C\CCCCCCCC(=O)O[C@H](COC(=O)CCCCCCC/C=C\CCCCCC)COC(=O)CCCCCCCCC/C=C\CCCCCCCCCC. The van der Waals surface area contributed by atoms with Crippen LogP contribution in [0.4, 0.5) is 0 Å². The molecule has 1 atom stereocenters. The minimum absolute atomic E-state index is 0.0855. The van der Waals surface area contributed by atoms with Crippen LogP contribution in [0.1, 0.15) is 278 Å². The van der Waals surface area contributed by atoms with E-state index in [4.69, 9.17) is 14.2 Å². The quantitative estimate of drug-likeness (QED) is 0.0262. The molecule has 0 aromatic rings. The molecule has 0 aliphatic rings. The lowest BCUT2D eigenvalue weighted by Gasteiger charge is -2.18. The van der Waals surface area contributed by atoms with E-state index in [0.717, 1.165) is 103 Å². The topological polar surface area (TPSA) is 78.9 Å². The Kier molecular flexibility index (Phi) is 51.3. The molecule has 0 radical (unpaired) electrons. The van der Waals surface area contributed by atoms with E-state index < -0.39 is 6.10 Å². The summed E-state index contributed by atoms with van der Waals surface area (Å²) in [5.74, 6) is -0.908. The summed E-state index contributed by atoms with van der Waals surface area (Å²) in [7, 11) is 0. The number of allylic oxidation sites excluding steroid dienone is 10. The van der Waals surface area contributed by atoms with E-state index in [1.54, 1.807) is 0 Å². The third-order valence-electron chi connectivity index (χ3n) is 12.0. The molecule has 0 saturated heterocycles. The predicted octanol–water partition coefficient (Wildman–Crippen LogP) is 18.4. The van der Waals surface area contributed by atoms with Crippen molar-refractivity contribution < 1.29 is 28.6 Å². The molecule has 0 saturated carbocycles. The number of carbonyl (C=O) groups excluding carboxylic acids is 3. The average Bonchev–Trinajstić information content (AvgIpc) is 3.30. The number of hydrogen-bond acceptors (Lipinski definition) is 6. The van der Waals surface area contributed by atoms with E-state index in [0.29, 0.717) is 19.3 Å². The number of carbonyl (C=O) groups is 3. The molecule has 0 aliphatic carbocycles. The van der Waals surface area contributed by atoms with Crippen molar-refractivity contribution in [1.82, 2.24) is 0 Å². The van der Waals surface area contributed by atoms with Crippen LogP contribution in [0, 0.1) is 0 Å². The predicted molar refractivity (Wildman–Crippen MR) is 279 cm³/mol. The molecule has 0 heterocycles. The number of rotatable bonds is 50. The van der Waals surface area contributed by atoms with E-state index in [-0.39, 0.29) is 31.1 Å². The summed E-state index contributed by atoms with van der Waals surface area (Å²) in [4.78, 5) is 38.1. The Balaban J connectivity index is 4.38. The second kappa shape index (κ2) is 53.7. The largest absolute Gasteiger partial charge is 0.462 e. The highest BCUT2D eigenvalue weighted by Gasteiger charge is 2.19. The number of unbranched alkanes of at least 4 members (excludes halogenated alkanes) is 29. The number of hydrogen-bond donors (Lipinski definition) is 0. The van der Waals surface area contributed by atoms with Gasteiger partial charge < -0.3 is 14.2 Å². The van der Waals surface area contributed by atoms with Crippen molar-refractivity contribution >= 4 is 17.9 Å². The van der Waals surface area contributed by atoms with Crippen molar-refractivity contribution in [3.8, 4) is 0 Å². The van der Waals surface area contributed by atoms with Crippen LogP contribution in [-0.2, 0) is 28.6 Å². The zero-order chi connectivity index (χ0) is 47.2. The van der Waals surface area contributed by atoms with Gasteiger partial charge in [0.2, 0.25) is 0 Å². The molecule has 65 heavy (non-hydrogen) atoms. The molecular weight excluding hydrogens is 805 g/mol. The monoisotopic (exact) mass is 909 g/mol. The molecule has 0 unspecified atom stereocenters. The third-order valence-corrected chi connectivity index (χ3v) is 12.0. The molecule has 6 heteroatoms. The summed E-state index contributed by atoms with van der Waals surface area (Å²) in [6, 6.07) is 0. The first kappa shape index (κ1) is 62.1. The van der Waals surface area contributed by atoms with Crippen LogP contribution < -0.4 is 0 Å². The highest BCUT2D eigenvalue weighted by molar-refractivity contribution is 5.71. The molecule has 0 N–H and O–H groups in total. The zero-order valence-electron chi connectivity index (χ0n) is 43.0. The Labute approximate surface area is 402 Å². The van der Waals surface area contributed by atoms with Gasteiger partial charge in [-0.2, -0.15) is 0 Å². The summed E-state index contributed by atoms with van der Waals surface area (Å²) >= 11 is 0. The molecule has 0 bridgehead atoms. The fourth-order valence-corrected chi connectivity index (χ4v) is 7.80. The lowest BCUT2D eigenvalue weighted by atomic mass is 10.1. The highest BCUT2D eigenvalue weighted by Crippen LogP contribution is 2.15. The van der Waals surface area contributed by atoms with Crippen molar-refractivity contribution in [2.24, 2.45) is 0 Å². The van der Waals surface area contributed by atoms with Gasteiger partial charge in [0.25, 0.3) is 0 Å². The average molecular weight is 909 g/mol. The molecule has 0 fully saturated rings. The second-order valence-corrected chi connectivity index (χ2v) is 18.5. The van der Waals surface area contributed by atoms with Gasteiger partial charge >= 0.3 is 17.9 Å². The summed E-state index contributed by atoms with van der Waals surface area (Å²) < 4.78 is 16.8. The van der Waals surface area contributed by atoms with Crippen LogP contribution in [0.3, 0.4) is 0 Å². The van der Waals surface area contributed by atoms with Crippen LogP contribution >= 0.6 is 0 Å². The minimum atomic E-state index is -0.788.